The van der Waals surface area contributed by atoms with Gasteiger partial charge in [0.2, 0.25) is 5.91 Å². The molecule has 0 unspecified atom stereocenters. The Bertz CT molecular complexity index is 424. The van der Waals surface area contributed by atoms with Gasteiger partial charge in [0.1, 0.15) is 5.82 Å². The van der Waals surface area contributed by atoms with E-state index < -0.39 is 17.6 Å². The first-order chi connectivity index (χ1) is 8.95. The van der Waals surface area contributed by atoms with Crippen LogP contribution in [0.3, 0.4) is 0 Å². The van der Waals surface area contributed by atoms with Crippen molar-refractivity contribution in [3.8, 4) is 0 Å². The van der Waals surface area contributed by atoms with Gasteiger partial charge in [0.15, 0.2) is 0 Å². The molecule has 5 nitrogen and oxygen atoms in total. The third-order valence-electron chi connectivity index (χ3n) is 2.16. The van der Waals surface area contributed by atoms with E-state index in [0.29, 0.717) is 13.2 Å². The number of carbonyl (C=O) groups excluding carboxylic acids is 1. The van der Waals surface area contributed by atoms with Gasteiger partial charge in [-0.1, -0.05) is 0 Å². The van der Waals surface area contributed by atoms with Gasteiger partial charge in [0.25, 0.3) is 0 Å². The number of aromatic nitrogens is 1. The summed E-state index contributed by atoms with van der Waals surface area (Å²) in [4.78, 5) is 14.9. The number of nitrogens with one attached hydrogen (secondary N) is 2. The zero-order chi connectivity index (χ0) is 14.3. The molecule has 8 heteroatoms. The molecule has 0 bridgehead atoms. The number of amides is 1. The molecule has 2 N–H and O–H groups in total. The fourth-order valence-corrected chi connectivity index (χ4v) is 1.29. The van der Waals surface area contributed by atoms with Crippen molar-refractivity contribution in [2.24, 2.45) is 0 Å². The Labute approximate surface area is 108 Å². The number of carbonyl (C=O) groups is 1. The average molecular weight is 277 g/mol. The maximum atomic E-state index is 12.6. The quantitative estimate of drug-likeness (QED) is 0.769. The molecule has 19 heavy (non-hydrogen) atoms. The van der Waals surface area contributed by atoms with Crippen molar-refractivity contribution >= 4 is 11.7 Å². The summed E-state index contributed by atoms with van der Waals surface area (Å²) in [5.74, 6) is -0.798. The van der Waals surface area contributed by atoms with Gasteiger partial charge in [0.05, 0.1) is 18.7 Å². The smallest absolute Gasteiger partial charge is 0.383 e. The van der Waals surface area contributed by atoms with E-state index in [4.69, 9.17) is 4.74 Å². The van der Waals surface area contributed by atoms with Crippen molar-refractivity contribution in [3.05, 3.63) is 23.9 Å². The number of rotatable bonds is 6. The van der Waals surface area contributed by atoms with Crippen LogP contribution in [0.2, 0.25) is 0 Å². The van der Waals surface area contributed by atoms with Crippen LogP contribution in [0.15, 0.2) is 18.3 Å². The summed E-state index contributed by atoms with van der Waals surface area (Å²) in [6.45, 7) is 0.346. The van der Waals surface area contributed by atoms with Crippen molar-refractivity contribution in [3.63, 3.8) is 0 Å². The van der Waals surface area contributed by atoms with Crippen LogP contribution in [0.5, 0.6) is 0 Å². The van der Waals surface area contributed by atoms with Gasteiger partial charge in [-0.3, -0.25) is 4.79 Å². The zero-order valence-corrected chi connectivity index (χ0v) is 10.3. The Kier molecular flexibility index (Phi) is 5.56. The molecule has 0 aliphatic heterocycles. The lowest BCUT2D eigenvalue weighted by Crippen LogP contribution is -2.32. The standard InChI is InChI=1S/C11H14F3N3O2/c1-19-6-5-15-9(18)7-17-10-8(11(12,13)14)3-2-4-16-10/h2-4H,5-7H2,1H3,(H,15,18)(H,16,17). The number of nitrogens with zero attached hydrogens (tertiary/aromatic N) is 1. The minimum Gasteiger partial charge on any atom is -0.383 e. The number of alkyl halides is 3. The van der Waals surface area contributed by atoms with Crippen LogP contribution in [0.25, 0.3) is 0 Å². The summed E-state index contributed by atoms with van der Waals surface area (Å²) in [7, 11) is 1.48. The SMILES string of the molecule is COCCNC(=O)CNc1ncccc1C(F)(F)F. The van der Waals surface area contributed by atoms with Gasteiger partial charge >= 0.3 is 6.18 Å². The summed E-state index contributed by atoms with van der Waals surface area (Å²) in [5, 5.41) is 4.84. The topological polar surface area (TPSA) is 63.2 Å². The zero-order valence-electron chi connectivity index (χ0n) is 10.3. The third-order valence-corrected chi connectivity index (χ3v) is 2.16. The Balaban J connectivity index is 2.56. The van der Waals surface area contributed by atoms with Gasteiger partial charge in [-0.15, -0.1) is 0 Å². The lowest BCUT2D eigenvalue weighted by molar-refractivity contribution is -0.137. The van der Waals surface area contributed by atoms with Gasteiger partial charge < -0.3 is 15.4 Å². The second kappa shape index (κ2) is 6.93. The Morgan fingerprint density at radius 1 is 1.47 bits per heavy atom. The molecule has 0 aromatic carbocycles. The molecular formula is C11H14F3N3O2. The van der Waals surface area contributed by atoms with Gasteiger partial charge in [-0.2, -0.15) is 13.2 Å². The second-order valence-corrected chi connectivity index (χ2v) is 3.59. The summed E-state index contributed by atoms with van der Waals surface area (Å²) in [6.07, 6.45) is -3.29. The predicted octanol–water partition coefficient (Wildman–Crippen LogP) is 1.27. The molecular weight excluding hydrogens is 263 g/mol. The Hall–Kier alpha value is -1.83. The number of ether oxygens (including phenoxy) is 1. The van der Waals surface area contributed by atoms with Gasteiger partial charge in [-0.25, -0.2) is 4.98 Å². The molecule has 1 aromatic heterocycles. The highest BCUT2D eigenvalue weighted by atomic mass is 19.4. The van der Waals surface area contributed by atoms with Crippen molar-refractivity contribution in [1.82, 2.24) is 10.3 Å². The Morgan fingerprint density at radius 3 is 2.84 bits per heavy atom. The minimum atomic E-state index is -4.51. The first-order valence-electron chi connectivity index (χ1n) is 5.47. The lowest BCUT2D eigenvalue weighted by Gasteiger charge is -2.13. The van der Waals surface area contributed by atoms with E-state index >= 15 is 0 Å². The van der Waals surface area contributed by atoms with Crippen LogP contribution >= 0.6 is 0 Å². The largest absolute Gasteiger partial charge is 0.419 e. The van der Waals surface area contributed by atoms with E-state index in [-0.39, 0.29) is 12.4 Å². The first-order valence-corrected chi connectivity index (χ1v) is 5.47. The highest BCUT2D eigenvalue weighted by Crippen LogP contribution is 2.33. The molecule has 1 amide bonds. The number of hydrogen-bond acceptors (Lipinski definition) is 4. The number of anilines is 1. The highest BCUT2D eigenvalue weighted by molar-refractivity contribution is 5.80. The van der Waals surface area contributed by atoms with Crippen molar-refractivity contribution in [2.45, 2.75) is 6.18 Å². The third kappa shape index (κ3) is 5.12. The summed E-state index contributed by atoms with van der Waals surface area (Å²) >= 11 is 0. The van der Waals surface area contributed by atoms with Crippen LogP contribution in [-0.4, -0.2) is 37.7 Å². The van der Waals surface area contributed by atoms with Gasteiger partial charge in [-0.05, 0) is 12.1 Å². The first kappa shape index (κ1) is 15.2. The van der Waals surface area contributed by atoms with Gasteiger partial charge in [0, 0.05) is 19.9 Å². The maximum absolute atomic E-state index is 12.6. The molecule has 106 valence electrons. The molecule has 0 aliphatic carbocycles. The van der Waals surface area contributed by atoms with Crippen LogP contribution in [0, 0.1) is 0 Å². The number of pyridine rings is 1. The van der Waals surface area contributed by atoms with Crippen molar-refractivity contribution in [1.29, 1.82) is 0 Å². The van der Waals surface area contributed by atoms with E-state index in [1.54, 1.807) is 0 Å². The average Bonchev–Trinajstić information content (AvgIpc) is 2.36. The molecule has 0 radical (unpaired) electrons. The summed E-state index contributed by atoms with van der Waals surface area (Å²) < 4.78 is 42.6. The molecule has 0 spiro atoms. The molecule has 0 fully saturated rings. The van der Waals surface area contributed by atoms with Crippen LogP contribution in [0.1, 0.15) is 5.56 Å². The summed E-state index contributed by atoms with van der Waals surface area (Å²) in [6, 6.07) is 2.09. The predicted molar refractivity (Wildman–Crippen MR) is 62.6 cm³/mol. The molecule has 0 atom stereocenters. The molecule has 1 aromatic rings. The van der Waals surface area contributed by atoms with Crippen LogP contribution < -0.4 is 10.6 Å². The molecule has 0 aliphatic rings. The molecule has 0 saturated carbocycles. The fraction of sp³-hybridized carbons (Fsp3) is 0.455. The van der Waals surface area contributed by atoms with E-state index in [1.165, 1.54) is 19.4 Å². The van der Waals surface area contributed by atoms with Crippen LogP contribution in [-0.2, 0) is 15.7 Å². The highest BCUT2D eigenvalue weighted by Gasteiger charge is 2.34. The summed E-state index contributed by atoms with van der Waals surface area (Å²) in [5.41, 5.74) is -0.903. The monoisotopic (exact) mass is 277 g/mol. The fourth-order valence-electron chi connectivity index (χ4n) is 1.29. The minimum absolute atomic E-state index is 0.288. The molecule has 0 saturated heterocycles. The van der Waals surface area contributed by atoms with Crippen molar-refractivity contribution in [2.75, 3.05) is 32.1 Å². The number of hydrogen-bond donors (Lipinski definition) is 2. The normalized spacial score (nSPS) is 11.2. The maximum Gasteiger partial charge on any atom is 0.419 e. The lowest BCUT2D eigenvalue weighted by atomic mass is 10.2. The van der Waals surface area contributed by atoms with E-state index in [1.807, 2.05) is 0 Å². The van der Waals surface area contributed by atoms with E-state index in [9.17, 15) is 18.0 Å². The number of methoxy groups -OCH3 is 1. The van der Waals surface area contributed by atoms with E-state index in [2.05, 4.69) is 15.6 Å². The number of halogens is 3. The molecule has 1 rings (SSSR count). The molecule has 1 heterocycles. The Morgan fingerprint density at radius 2 is 2.21 bits per heavy atom. The van der Waals surface area contributed by atoms with E-state index in [0.717, 1.165) is 6.07 Å². The van der Waals surface area contributed by atoms with Crippen molar-refractivity contribution < 1.29 is 22.7 Å². The second-order valence-electron chi connectivity index (χ2n) is 3.59. The van der Waals surface area contributed by atoms with Crippen LogP contribution in [0.4, 0.5) is 19.0 Å².